The van der Waals surface area contributed by atoms with Crippen molar-refractivity contribution < 1.29 is 19.4 Å². The molecular formula is C14H13NO4. The molecule has 0 aliphatic carbocycles. The summed E-state index contributed by atoms with van der Waals surface area (Å²) in [5.41, 5.74) is 2.68. The molecule has 0 fully saturated rings. The predicted molar refractivity (Wildman–Crippen MR) is 70.7 cm³/mol. The van der Waals surface area contributed by atoms with E-state index in [1.54, 1.807) is 6.08 Å². The topological polar surface area (TPSA) is 71.5 Å². The van der Waals surface area contributed by atoms with Crippen molar-refractivity contribution in [2.24, 2.45) is 0 Å². The first-order chi connectivity index (χ1) is 9.15. The second-order valence-electron chi connectivity index (χ2n) is 4.38. The Morgan fingerprint density at radius 3 is 2.68 bits per heavy atom. The molecule has 0 bridgehead atoms. The SMILES string of the molecule is Cc1c(/C=C/C(=O)O)[nH]c2cc3c(cc12)OCCO3. The van der Waals surface area contributed by atoms with Gasteiger partial charge in [0.25, 0.3) is 0 Å². The zero-order valence-electron chi connectivity index (χ0n) is 10.4. The number of fused-ring (bicyclic) bond motifs is 2. The van der Waals surface area contributed by atoms with Crippen molar-refractivity contribution in [2.45, 2.75) is 6.92 Å². The van der Waals surface area contributed by atoms with Crippen LogP contribution in [0.4, 0.5) is 0 Å². The molecule has 2 N–H and O–H groups in total. The van der Waals surface area contributed by atoms with E-state index in [-0.39, 0.29) is 0 Å². The molecular weight excluding hydrogens is 246 g/mol. The van der Waals surface area contributed by atoms with Crippen molar-refractivity contribution in [1.29, 1.82) is 0 Å². The molecule has 5 heteroatoms. The predicted octanol–water partition coefficient (Wildman–Crippen LogP) is 2.35. The van der Waals surface area contributed by atoms with Crippen LogP contribution in [0.15, 0.2) is 18.2 Å². The second-order valence-corrected chi connectivity index (χ2v) is 4.38. The fraction of sp³-hybridized carbons (Fsp3) is 0.214. The van der Waals surface area contributed by atoms with Crippen LogP contribution in [0.5, 0.6) is 11.5 Å². The van der Waals surface area contributed by atoms with Gasteiger partial charge in [-0.1, -0.05) is 0 Å². The van der Waals surface area contributed by atoms with Gasteiger partial charge in [0.15, 0.2) is 11.5 Å². The maximum Gasteiger partial charge on any atom is 0.328 e. The third kappa shape index (κ3) is 2.03. The highest BCUT2D eigenvalue weighted by Crippen LogP contribution is 2.36. The van der Waals surface area contributed by atoms with Crippen LogP contribution in [0.1, 0.15) is 11.3 Å². The van der Waals surface area contributed by atoms with E-state index in [0.717, 1.165) is 34.0 Å². The average molecular weight is 259 g/mol. The molecule has 3 rings (SSSR count). The van der Waals surface area contributed by atoms with E-state index >= 15 is 0 Å². The van der Waals surface area contributed by atoms with Gasteiger partial charge in [-0.15, -0.1) is 0 Å². The molecule has 1 aromatic heterocycles. The van der Waals surface area contributed by atoms with Gasteiger partial charge in [-0.05, 0) is 24.6 Å². The highest BCUT2D eigenvalue weighted by molar-refractivity contribution is 5.92. The summed E-state index contributed by atoms with van der Waals surface area (Å²) < 4.78 is 11.1. The Balaban J connectivity index is 2.12. The molecule has 0 atom stereocenters. The average Bonchev–Trinajstić information content (AvgIpc) is 2.70. The number of rotatable bonds is 2. The summed E-state index contributed by atoms with van der Waals surface area (Å²) in [4.78, 5) is 13.8. The van der Waals surface area contributed by atoms with E-state index in [1.807, 2.05) is 19.1 Å². The van der Waals surface area contributed by atoms with Gasteiger partial charge in [0, 0.05) is 23.2 Å². The summed E-state index contributed by atoms with van der Waals surface area (Å²) in [6.45, 7) is 3.04. The lowest BCUT2D eigenvalue weighted by molar-refractivity contribution is -0.131. The van der Waals surface area contributed by atoms with E-state index in [2.05, 4.69) is 4.98 Å². The molecule has 5 nitrogen and oxygen atoms in total. The lowest BCUT2D eigenvalue weighted by atomic mass is 10.1. The van der Waals surface area contributed by atoms with Crippen LogP contribution < -0.4 is 9.47 Å². The number of carbonyl (C=O) groups is 1. The number of hydrogen-bond acceptors (Lipinski definition) is 3. The fourth-order valence-electron chi connectivity index (χ4n) is 2.21. The third-order valence-corrected chi connectivity index (χ3v) is 3.15. The van der Waals surface area contributed by atoms with Gasteiger partial charge in [0.1, 0.15) is 13.2 Å². The molecule has 19 heavy (non-hydrogen) atoms. The van der Waals surface area contributed by atoms with Crippen molar-refractivity contribution in [3.05, 3.63) is 29.5 Å². The van der Waals surface area contributed by atoms with Crippen LogP contribution in [0.25, 0.3) is 17.0 Å². The number of aromatic nitrogens is 1. The Morgan fingerprint density at radius 2 is 2.00 bits per heavy atom. The van der Waals surface area contributed by atoms with E-state index in [9.17, 15) is 4.79 Å². The van der Waals surface area contributed by atoms with Crippen LogP contribution in [0.3, 0.4) is 0 Å². The molecule has 0 spiro atoms. The molecule has 0 saturated heterocycles. The lowest BCUT2D eigenvalue weighted by Crippen LogP contribution is -2.15. The van der Waals surface area contributed by atoms with Crippen molar-refractivity contribution in [3.8, 4) is 11.5 Å². The van der Waals surface area contributed by atoms with Gasteiger partial charge in [-0.3, -0.25) is 0 Å². The van der Waals surface area contributed by atoms with Crippen LogP contribution in [0.2, 0.25) is 0 Å². The first-order valence-electron chi connectivity index (χ1n) is 5.98. The fourth-order valence-corrected chi connectivity index (χ4v) is 2.21. The zero-order valence-corrected chi connectivity index (χ0v) is 10.4. The van der Waals surface area contributed by atoms with Gasteiger partial charge in [-0.2, -0.15) is 0 Å². The zero-order chi connectivity index (χ0) is 13.4. The van der Waals surface area contributed by atoms with Crippen LogP contribution in [-0.2, 0) is 4.79 Å². The number of carboxylic acid groups (broad SMARTS) is 1. The maximum atomic E-state index is 10.6. The summed E-state index contributed by atoms with van der Waals surface area (Å²) >= 11 is 0. The van der Waals surface area contributed by atoms with E-state index < -0.39 is 5.97 Å². The smallest absolute Gasteiger partial charge is 0.328 e. The quantitative estimate of drug-likeness (QED) is 0.812. The van der Waals surface area contributed by atoms with Gasteiger partial charge in [0.2, 0.25) is 0 Å². The first kappa shape index (κ1) is 11.6. The number of aromatic amines is 1. The number of aliphatic carboxylic acids is 1. The summed E-state index contributed by atoms with van der Waals surface area (Å²) in [6, 6.07) is 3.81. The van der Waals surface area contributed by atoms with Crippen LogP contribution in [0, 0.1) is 6.92 Å². The number of nitrogens with one attached hydrogen (secondary N) is 1. The summed E-state index contributed by atoms with van der Waals surface area (Å²) in [7, 11) is 0. The number of hydrogen-bond donors (Lipinski definition) is 2. The molecule has 0 saturated carbocycles. The summed E-state index contributed by atoms with van der Waals surface area (Å²) in [5.74, 6) is 0.479. The molecule has 1 aliphatic rings. The Kier molecular flexibility index (Phi) is 2.67. The maximum absolute atomic E-state index is 10.6. The molecule has 0 amide bonds. The normalized spacial score (nSPS) is 14.2. The van der Waals surface area contributed by atoms with E-state index in [1.165, 1.54) is 0 Å². The monoisotopic (exact) mass is 259 g/mol. The molecule has 1 aromatic carbocycles. The summed E-state index contributed by atoms with van der Waals surface area (Å²) in [6.07, 6.45) is 2.67. The molecule has 0 radical (unpaired) electrons. The Labute approximate surface area is 109 Å². The minimum absolute atomic E-state index is 0.546. The summed E-state index contributed by atoms with van der Waals surface area (Å²) in [5, 5.41) is 9.68. The Bertz CT molecular complexity index is 684. The van der Waals surface area contributed by atoms with E-state index in [0.29, 0.717) is 19.0 Å². The minimum Gasteiger partial charge on any atom is -0.486 e. The first-order valence-corrected chi connectivity index (χ1v) is 5.98. The minimum atomic E-state index is -0.969. The van der Waals surface area contributed by atoms with E-state index in [4.69, 9.17) is 14.6 Å². The number of ether oxygens (including phenoxy) is 2. The highest BCUT2D eigenvalue weighted by atomic mass is 16.6. The Morgan fingerprint density at radius 1 is 1.32 bits per heavy atom. The number of H-pyrrole nitrogens is 1. The molecule has 2 aromatic rings. The molecule has 98 valence electrons. The van der Waals surface area contributed by atoms with Gasteiger partial charge >= 0.3 is 5.97 Å². The largest absolute Gasteiger partial charge is 0.486 e. The van der Waals surface area contributed by atoms with Crippen molar-refractivity contribution >= 4 is 22.9 Å². The van der Waals surface area contributed by atoms with Gasteiger partial charge in [0.05, 0.1) is 5.52 Å². The van der Waals surface area contributed by atoms with Gasteiger partial charge in [-0.25, -0.2) is 4.79 Å². The van der Waals surface area contributed by atoms with Gasteiger partial charge < -0.3 is 19.6 Å². The van der Waals surface area contributed by atoms with Crippen molar-refractivity contribution in [3.63, 3.8) is 0 Å². The van der Waals surface area contributed by atoms with Crippen LogP contribution >= 0.6 is 0 Å². The van der Waals surface area contributed by atoms with Crippen molar-refractivity contribution in [1.82, 2.24) is 4.98 Å². The lowest BCUT2D eigenvalue weighted by Gasteiger charge is -2.18. The third-order valence-electron chi connectivity index (χ3n) is 3.15. The molecule has 0 unspecified atom stereocenters. The second kappa shape index (κ2) is 4.35. The molecule has 2 heterocycles. The highest BCUT2D eigenvalue weighted by Gasteiger charge is 2.15. The van der Waals surface area contributed by atoms with Crippen LogP contribution in [-0.4, -0.2) is 29.3 Å². The number of aryl methyl sites for hydroxylation is 1. The standard InChI is InChI=1S/C14H13NO4/c1-8-9-6-12-13(19-5-4-18-12)7-11(9)15-10(8)2-3-14(16)17/h2-3,6-7,15H,4-5H2,1H3,(H,16,17)/b3-2+. The molecule has 1 aliphatic heterocycles. The number of benzene rings is 1. The Hall–Kier alpha value is -2.43. The van der Waals surface area contributed by atoms with Crippen molar-refractivity contribution in [2.75, 3.05) is 13.2 Å². The number of carboxylic acids is 1.